The maximum absolute atomic E-state index is 13.3. The Labute approximate surface area is 177 Å². The molecule has 5 nitrogen and oxygen atoms in total. The first-order valence-corrected chi connectivity index (χ1v) is 11.5. The van der Waals surface area contributed by atoms with Gasteiger partial charge >= 0.3 is 0 Å². The first-order valence-electron chi connectivity index (χ1n) is 9.72. The van der Waals surface area contributed by atoms with Gasteiger partial charge in [0, 0.05) is 6.04 Å². The van der Waals surface area contributed by atoms with E-state index in [9.17, 15) is 13.2 Å². The summed E-state index contributed by atoms with van der Waals surface area (Å²) in [5.74, 6) is -0.339. The van der Waals surface area contributed by atoms with Crippen molar-refractivity contribution in [3.63, 3.8) is 0 Å². The van der Waals surface area contributed by atoms with Crippen LogP contribution in [0.4, 0.5) is 5.69 Å². The second-order valence-corrected chi connectivity index (χ2v) is 9.38. The molecule has 2 aromatic carbocycles. The Hall–Kier alpha value is -2.31. The highest BCUT2D eigenvalue weighted by atomic mass is 35.5. The Balaban J connectivity index is 1.92. The van der Waals surface area contributed by atoms with Crippen LogP contribution >= 0.6 is 11.6 Å². The number of nitrogens with zero attached hydrogens (tertiary/aromatic N) is 1. The number of halogens is 1. The van der Waals surface area contributed by atoms with Crippen molar-refractivity contribution in [3.05, 3.63) is 71.8 Å². The summed E-state index contributed by atoms with van der Waals surface area (Å²) < 4.78 is 27.9. The number of sulfonamides is 1. The van der Waals surface area contributed by atoms with Gasteiger partial charge in [-0.25, -0.2) is 8.42 Å². The SMILES string of the molecule is C=CCN(c1ccccc1)S(=O)(=O)c1ccc(Cl)c(C(=O)NC2CCCCC2)c1. The molecule has 0 spiro atoms. The molecule has 1 saturated carbocycles. The van der Waals surface area contributed by atoms with Gasteiger partial charge in [-0.05, 0) is 43.2 Å². The average Bonchev–Trinajstić information content (AvgIpc) is 2.73. The van der Waals surface area contributed by atoms with Gasteiger partial charge in [-0.2, -0.15) is 0 Å². The van der Waals surface area contributed by atoms with Crippen LogP contribution in [0.25, 0.3) is 0 Å². The van der Waals surface area contributed by atoms with Crippen molar-refractivity contribution in [1.29, 1.82) is 0 Å². The molecule has 7 heteroatoms. The third-order valence-electron chi connectivity index (χ3n) is 5.05. The van der Waals surface area contributed by atoms with E-state index in [1.165, 1.54) is 35.0 Å². The van der Waals surface area contributed by atoms with Crippen LogP contribution in [-0.2, 0) is 10.0 Å². The zero-order valence-electron chi connectivity index (χ0n) is 16.2. The predicted octanol–water partition coefficient (Wildman–Crippen LogP) is 4.78. The van der Waals surface area contributed by atoms with E-state index >= 15 is 0 Å². The van der Waals surface area contributed by atoms with Crippen LogP contribution in [-0.4, -0.2) is 26.9 Å². The van der Waals surface area contributed by atoms with Crippen molar-refractivity contribution < 1.29 is 13.2 Å². The molecule has 0 bridgehead atoms. The lowest BCUT2D eigenvalue weighted by molar-refractivity contribution is 0.0927. The van der Waals surface area contributed by atoms with Crippen LogP contribution in [0, 0.1) is 0 Å². The molecule has 1 fully saturated rings. The topological polar surface area (TPSA) is 66.5 Å². The summed E-state index contributed by atoms with van der Waals surface area (Å²) in [4.78, 5) is 12.8. The third kappa shape index (κ3) is 5.00. The molecular weight excluding hydrogens is 408 g/mol. The number of amides is 1. The molecule has 1 aliphatic rings. The second-order valence-electron chi connectivity index (χ2n) is 7.11. The fourth-order valence-electron chi connectivity index (χ4n) is 3.53. The predicted molar refractivity (Wildman–Crippen MR) is 117 cm³/mol. The van der Waals surface area contributed by atoms with Gasteiger partial charge in [0.15, 0.2) is 0 Å². The van der Waals surface area contributed by atoms with E-state index < -0.39 is 10.0 Å². The second kappa shape index (κ2) is 9.46. The molecule has 154 valence electrons. The maximum Gasteiger partial charge on any atom is 0.264 e. The van der Waals surface area contributed by atoms with Crippen molar-refractivity contribution in [3.8, 4) is 0 Å². The Kier molecular flexibility index (Phi) is 6.98. The van der Waals surface area contributed by atoms with Crippen LogP contribution in [0.15, 0.2) is 66.1 Å². The van der Waals surface area contributed by atoms with Gasteiger partial charge in [0.2, 0.25) is 0 Å². The van der Waals surface area contributed by atoms with Gasteiger partial charge < -0.3 is 5.32 Å². The smallest absolute Gasteiger partial charge is 0.264 e. The molecule has 0 saturated heterocycles. The van der Waals surface area contributed by atoms with E-state index in [1.807, 2.05) is 6.07 Å². The summed E-state index contributed by atoms with van der Waals surface area (Å²) in [7, 11) is -3.90. The van der Waals surface area contributed by atoms with E-state index in [1.54, 1.807) is 24.3 Å². The molecule has 0 aromatic heterocycles. The molecule has 3 rings (SSSR count). The van der Waals surface area contributed by atoms with Crippen LogP contribution in [0.5, 0.6) is 0 Å². The third-order valence-corrected chi connectivity index (χ3v) is 7.17. The number of rotatable bonds is 7. The monoisotopic (exact) mass is 432 g/mol. The van der Waals surface area contributed by atoms with Crippen molar-refractivity contribution in [2.24, 2.45) is 0 Å². The van der Waals surface area contributed by atoms with E-state index in [0.29, 0.717) is 5.69 Å². The van der Waals surface area contributed by atoms with Crippen LogP contribution in [0.2, 0.25) is 5.02 Å². The first kappa shape index (κ1) is 21.4. The van der Waals surface area contributed by atoms with Gasteiger partial charge in [0.05, 0.1) is 27.7 Å². The normalized spacial score (nSPS) is 14.9. The van der Waals surface area contributed by atoms with Gasteiger partial charge in [0.1, 0.15) is 0 Å². The van der Waals surface area contributed by atoms with Crippen molar-refractivity contribution in [1.82, 2.24) is 5.32 Å². The van der Waals surface area contributed by atoms with E-state index in [2.05, 4.69) is 11.9 Å². The van der Waals surface area contributed by atoms with Gasteiger partial charge in [-0.1, -0.05) is 55.1 Å². The van der Waals surface area contributed by atoms with Crippen LogP contribution < -0.4 is 9.62 Å². The lowest BCUT2D eigenvalue weighted by Crippen LogP contribution is -2.36. The number of hydrogen-bond acceptors (Lipinski definition) is 3. The molecular formula is C22H25ClN2O3S. The summed E-state index contributed by atoms with van der Waals surface area (Å²) in [6, 6.07) is 13.1. The summed E-state index contributed by atoms with van der Waals surface area (Å²) in [6.07, 6.45) is 6.74. The Morgan fingerprint density at radius 1 is 1.14 bits per heavy atom. The molecule has 0 atom stereocenters. The lowest BCUT2D eigenvalue weighted by Gasteiger charge is -2.24. The molecule has 0 unspecified atom stereocenters. The molecule has 1 N–H and O–H groups in total. The number of carbonyl (C=O) groups is 1. The fraction of sp³-hybridized carbons (Fsp3) is 0.318. The molecule has 1 aliphatic carbocycles. The highest BCUT2D eigenvalue weighted by molar-refractivity contribution is 7.92. The highest BCUT2D eigenvalue weighted by Crippen LogP contribution is 2.27. The van der Waals surface area contributed by atoms with Gasteiger partial charge in [0.25, 0.3) is 15.9 Å². The Morgan fingerprint density at radius 3 is 2.48 bits per heavy atom. The molecule has 2 aromatic rings. The molecule has 0 heterocycles. The molecule has 29 heavy (non-hydrogen) atoms. The Morgan fingerprint density at radius 2 is 1.83 bits per heavy atom. The molecule has 1 amide bonds. The van der Waals surface area contributed by atoms with Crippen molar-refractivity contribution in [2.45, 2.75) is 43.0 Å². The van der Waals surface area contributed by atoms with E-state index in [0.717, 1.165) is 25.7 Å². The minimum Gasteiger partial charge on any atom is -0.349 e. The minimum absolute atomic E-state index is 0.0152. The van der Waals surface area contributed by atoms with E-state index in [4.69, 9.17) is 11.6 Å². The van der Waals surface area contributed by atoms with E-state index in [-0.39, 0.29) is 34.0 Å². The zero-order chi connectivity index (χ0) is 20.9. The lowest BCUT2D eigenvalue weighted by atomic mass is 9.95. The summed E-state index contributed by atoms with van der Waals surface area (Å²) in [5, 5.41) is 3.22. The average molecular weight is 433 g/mol. The number of anilines is 1. The minimum atomic E-state index is -3.90. The molecule has 0 aliphatic heterocycles. The number of carbonyl (C=O) groups excluding carboxylic acids is 1. The van der Waals surface area contributed by atoms with Gasteiger partial charge in [-0.3, -0.25) is 9.10 Å². The number of benzene rings is 2. The Bertz CT molecular complexity index is 971. The number of hydrogen-bond donors (Lipinski definition) is 1. The highest BCUT2D eigenvalue weighted by Gasteiger charge is 2.26. The van der Waals surface area contributed by atoms with Crippen molar-refractivity contribution >= 4 is 33.2 Å². The first-order chi connectivity index (χ1) is 13.9. The number of nitrogens with one attached hydrogen (secondary N) is 1. The maximum atomic E-state index is 13.3. The zero-order valence-corrected chi connectivity index (χ0v) is 17.8. The quantitative estimate of drug-likeness (QED) is 0.640. The summed E-state index contributed by atoms with van der Waals surface area (Å²) in [5.41, 5.74) is 0.695. The molecule has 0 radical (unpaired) electrons. The number of para-hydroxylation sites is 1. The van der Waals surface area contributed by atoms with Crippen molar-refractivity contribution in [2.75, 3.05) is 10.8 Å². The largest absolute Gasteiger partial charge is 0.349 e. The fourth-order valence-corrected chi connectivity index (χ4v) is 5.20. The van der Waals surface area contributed by atoms with Gasteiger partial charge in [-0.15, -0.1) is 6.58 Å². The summed E-state index contributed by atoms with van der Waals surface area (Å²) in [6.45, 7) is 3.78. The van der Waals surface area contributed by atoms with Crippen LogP contribution in [0.3, 0.4) is 0 Å². The summed E-state index contributed by atoms with van der Waals surface area (Å²) >= 11 is 6.23. The van der Waals surface area contributed by atoms with Crippen LogP contribution in [0.1, 0.15) is 42.5 Å². The standard InChI is InChI=1S/C22H25ClN2O3S/c1-2-15-25(18-11-7-4-8-12-18)29(27,28)19-13-14-21(23)20(16-19)22(26)24-17-9-5-3-6-10-17/h2,4,7-8,11-14,16-17H,1,3,5-6,9-10,15H2,(H,24,26).